The van der Waals surface area contributed by atoms with E-state index in [1.165, 1.54) is 5.56 Å². The zero-order valence-electron chi connectivity index (χ0n) is 11.2. The molecule has 19 heavy (non-hydrogen) atoms. The molecule has 0 aliphatic heterocycles. The number of halogens is 1. The number of hydrogen-bond acceptors (Lipinski definition) is 2. The predicted octanol–water partition coefficient (Wildman–Crippen LogP) is 4.87. The molecule has 3 heteroatoms. The third-order valence-electron chi connectivity index (χ3n) is 3.08. The summed E-state index contributed by atoms with van der Waals surface area (Å²) in [5.41, 5.74) is 3.94. The molecule has 0 aliphatic carbocycles. The van der Waals surface area contributed by atoms with Crippen LogP contribution in [-0.2, 0) is 0 Å². The van der Waals surface area contributed by atoms with Crippen LogP contribution in [0.1, 0.15) is 27.0 Å². The van der Waals surface area contributed by atoms with E-state index in [9.17, 15) is 4.79 Å². The van der Waals surface area contributed by atoms with Gasteiger partial charge in [0.25, 0.3) is 0 Å². The Morgan fingerprint density at radius 2 is 1.79 bits per heavy atom. The lowest BCUT2D eigenvalue weighted by Crippen LogP contribution is -1.93. The Bertz CT molecular complexity index is 633. The summed E-state index contributed by atoms with van der Waals surface area (Å²) < 4.78 is 5.85. The molecule has 0 N–H and O–H groups in total. The summed E-state index contributed by atoms with van der Waals surface area (Å²) >= 11 is 6.11. The Kier molecular flexibility index (Phi) is 3.91. The summed E-state index contributed by atoms with van der Waals surface area (Å²) in [6, 6.07) is 9.09. The first kappa shape index (κ1) is 13.6. The number of aldehydes is 1. The predicted molar refractivity (Wildman–Crippen MR) is 77.6 cm³/mol. The maximum Gasteiger partial charge on any atom is 0.150 e. The second-order valence-corrected chi connectivity index (χ2v) is 5.02. The molecule has 0 amide bonds. The maximum absolute atomic E-state index is 10.7. The summed E-state index contributed by atoms with van der Waals surface area (Å²) in [4.78, 5) is 10.7. The van der Waals surface area contributed by atoms with Crippen molar-refractivity contribution in [2.75, 3.05) is 0 Å². The second-order valence-electron chi connectivity index (χ2n) is 4.61. The Hall–Kier alpha value is -1.80. The molecule has 0 aromatic heterocycles. The molecule has 0 bridgehead atoms. The molecular weight excluding hydrogens is 260 g/mol. The molecule has 0 unspecified atom stereocenters. The number of carbonyl (C=O) groups excluding carboxylic acids is 1. The molecule has 0 heterocycles. The van der Waals surface area contributed by atoms with Crippen molar-refractivity contribution < 1.29 is 9.53 Å². The van der Waals surface area contributed by atoms with Gasteiger partial charge in [-0.05, 0) is 61.7 Å². The van der Waals surface area contributed by atoms with E-state index in [2.05, 4.69) is 6.07 Å². The molecule has 0 fully saturated rings. The summed E-state index contributed by atoms with van der Waals surface area (Å²) in [5.74, 6) is 1.35. The smallest absolute Gasteiger partial charge is 0.150 e. The fraction of sp³-hybridized carbons (Fsp3) is 0.188. The zero-order valence-corrected chi connectivity index (χ0v) is 11.9. The van der Waals surface area contributed by atoms with Gasteiger partial charge in [-0.1, -0.05) is 17.7 Å². The average Bonchev–Trinajstić information content (AvgIpc) is 2.37. The van der Waals surface area contributed by atoms with Crippen LogP contribution in [0.3, 0.4) is 0 Å². The minimum atomic E-state index is 0.433. The first-order chi connectivity index (χ1) is 9.01. The van der Waals surface area contributed by atoms with Crippen LogP contribution in [0, 0.1) is 20.8 Å². The molecule has 98 valence electrons. The fourth-order valence-electron chi connectivity index (χ4n) is 1.90. The molecule has 0 saturated carbocycles. The highest BCUT2D eigenvalue weighted by Gasteiger charge is 2.08. The normalized spacial score (nSPS) is 10.3. The number of ether oxygens (including phenoxy) is 1. The van der Waals surface area contributed by atoms with Gasteiger partial charge in [-0.15, -0.1) is 0 Å². The van der Waals surface area contributed by atoms with Crippen molar-refractivity contribution in [2.24, 2.45) is 0 Å². The third kappa shape index (κ3) is 2.96. The highest BCUT2D eigenvalue weighted by atomic mass is 35.5. The SMILES string of the molecule is Cc1cc(C)c(C)c(Oc2ccc(C=O)cc2Cl)c1. The van der Waals surface area contributed by atoms with E-state index in [4.69, 9.17) is 16.3 Å². The standard InChI is InChI=1S/C16H15ClO2/c1-10-6-11(2)12(3)16(7-10)19-15-5-4-13(9-18)8-14(15)17/h4-9H,1-3H3. The van der Waals surface area contributed by atoms with Crippen LogP contribution in [0.5, 0.6) is 11.5 Å². The van der Waals surface area contributed by atoms with Crippen LogP contribution in [0.4, 0.5) is 0 Å². The molecule has 2 rings (SSSR count). The lowest BCUT2D eigenvalue weighted by Gasteiger charge is -2.13. The summed E-state index contributed by atoms with van der Waals surface area (Å²) in [6.45, 7) is 6.08. The number of aryl methyl sites for hydroxylation is 2. The van der Waals surface area contributed by atoms with Gasteiger partial charge in [0.1, 0.15) is 17.8 Å². The van der Waals surface area contributed by atoms with E-state index < -0.39 is 0 Å². The number of rotatable bonds is 3. The second kappa shape index (κ2) is 5.45. The minimum absolute atomic E-state index is 0.433. The van der Waals surface area contributed by atoms with Gasteiger partial charge >= 0.3 is 0 Å². The van der Waals surface area contributed by atoms with Crippen LogP contribution in [0.25, 0.3) is 0 Å². The van der Waals surface area contributed by atoms with Crippen molar-refractivity contribution in [1.29, 1.82) is 0 Å². The molecule has 0 atom stereocenters. The van der Waals surface area contributed by atoms with Crippen molar-refractivity contribution >= 4 is 17.9 Å². The highest BCUT2D eigenvalue weighted by molar-refractivity contribution is 6.32. The maximum atomic E-state index is 10.7. The minimum Gasteiger partial charge on any atom is -0.456 e. The lowest BCUT2D eigenvalue weighted by atomic mass is 10.1. The van der Waals surface area contributed by atoms with Gasteiger partial charge in [0, 0.05) is 5.56 Å². The highest BCUT2D eigenvalue weighted by Crippen LogP contribution is 2.33. The number of benzene rings is 2. The third-order valence-corrected chi connectivity index (χ3v) is 3.37. The van der Waals surface area contributed by atoms with Gasteiger partial charge in [-0.2, -0.15) is 0 Å². The van der Waals surface area contributed by atoms with Gasteiger partial charge in [0.05, 0.1) is 5.02 Å². The van der Waals surface area contributed by atoms with Crippen molar-refractivity contribution in [3.63, 3.8) is 0 Å². The van der Waals surface area contributed by atoms with Crippen molar-refractivity contribution in [3.8, 4) is 11.5 Å². The molecular formula is C16H15ClO2. The van der Waals surface area contributed by atoms with E-state index in [0.29, 0.717) is 16.3 Å². The monoisotopic (exact) mass is 274 g/mol. The molecule has 0 spiro atoms. The Balaban J connectivity index is 2.39. The van der Waals surface area contributed by atoms with Gasteiger partial charge in [-0.3, -0.25) is 4.79 Å². The molecule has 2 nitrogen and oxygen atoms in total. The molecule has 0 aliphatic rings. The van der Waals surface area contributed by atoms with E-state index in [1.807, 2.05) is 26.8 Å². The topological polar surface area (TPSA) is 26.3 Å². The van der Waals surface area contributed by atoms with E-state index in [1.54, 1.807) is 18.2 Å². The Morgan fingerprint density at radius 3 is 2.42 bits per heavy atom. The quantitative estimate of drug-likeness (QED) is 0.747. The first-order valence-corrected chi connectivity index (χ1v) is 6.39. The Labute approximate surface area is 118 Å². The summed E-state index contributed by atoms with van der Waals surface area (Å²) in [6.07, 6.45) is 0.762. The fourth-order valence-corrected chi connectivity index (χ4v) is 2.13. The van der Waals surface area contributed by atoms with Crippen LogP contribution in [-0.4, -0.2) is 6.29 Å². The van der Waals surface area contributed by atoms with Crippen LogP contribution in [0.15, 0.2) is 30.3 Å². The van der Waals surface area contributed by atoms with Crippen molar-refractivity contribution in [3.05, 3.63) is 57.6 Å². The average molecular weight is 275 g/mol. The van der Waals surface area contributed by atoms with Gasteiger partial charge in [-0.25, -0.2) is 0 Å². The van der Waals surface area contributed by atoms with Gasteiger partial charge < -0.3 is 4.74 Å². The molecule has 0 radical (unpaired) electrons. The van der Waals surface area contributed by atoms with E-state index in [0.717, 1.165) is 23.2 Å². The first-order valence-electron chi connectivity index (χ1n) is 6.01. The van der Waals surface area contributed by atoms with Crippen LogP contribution in [0.2, 0.25) is 5.02 Å². The Morgan fingerprint density at radius 1 is 1.05 bits per heavy atom. The molecule has 0 saturated heterocycles. The zero-order chi connectivity index (χ0) is 14.0. The van der Waals surface area contributed by atoms with Gasteiger partial charge in [0.2, 0.25) is 0 Å². The largest absolute Gasteiger partial charge is 0.456 e. The van der Waals surface area contributed by atoms with Crippen LogP contribution >= 0.6 is 11.6 Å². The van der Waals surface area contributed by atoms with Crippen molar-refractivity contribution in [1.82, 2.24) is 0 Å². The molecule has 2 aromatic rings. The molecule has 2 aromatic carbocycles. The lowest BCUT2D eigenvalue weighted by molar-refractivity contribution is 0.112. The van der Waals surface area contributed by atoms with Crippen LogP contribution < -0.4 is 4.74 Å². The number of hydrogen-bond donors (Lipinski definition) is 0. The summed E-state index contributed by atoms with van der Waals surface area (Å²) in [5, 5.41) is 0.433. The van der Waals surface area contributed by atoms with E-state index >= 15 is 0 Å². The van der Waals surface area contributed by atoms with E-state index in [-0.39, 0.29) is 0 Å². The van der Waals surface area contributed by atoms with Gasteiger partial charge in [0.15, 0.2) is 0 Å². The van der Waals surface area contributed by atoms with Crippen molar-refractivity contribution in [2.45, 2.75) is 20.8 Å². The number of carbonyl (C=O) groups is 1. The summed E-state index contributed by atoms with van der Waals surface area (Å²) in [7, 11) is 0.